The van der Waals surface area contributed by atoms with Gasteiger partial charge in [-0.3, -0.25) is 0 Å². The number of rotatable bonds is 6. The number of furan rings is 1. The molecule has 0 aliphatic carbocycles. The highest BCUT2D eigenvalue weighted by Gasteiger charge is 2.00. The van der Waals surface area contributed by atoms with E-state index in [1.807, 2.05) is 12.1 Å². The lowest BCUT2D eigenvalue weighted by molar-refractivity contribution is 0.293. The van der Waals surface area contributed by atoms with Gasteiger partial charge in [-0.15, -0.1) is 0 Å². The van der Waals surface area contributed by atoms with Crippen molar-refractivity contribution in [3.05, 3.63) is 17.9 Å². The molecule has 2 nitrogen and oxygen atoms in total. The first-order valence-corrected chi connectivity index (χ1v) is 4.99. The lowest BCUT2D eigenvalue weighted by Crippen LogP contribution is -1.82. The maximum absolute atomic E-state index is 5.39. The van der Waals surface area contributed by atoms with Crippen molar-refractivity contribution >= 4 is 0 Å². The molecule has 1 rings (SSSR count). The Morgan fingerprint density at radius 3 is 2.69 bits per heavy atom. The fraction of sp³-hybridized carbons (Fsp3) is 0.636. The van der Waals surface area contributed by atoms with Gasteiger partial charge in [-0.1, -0.05) is 26.2 Å². The van der Waals surface area contributed by atoms with Crippen molar-refractivity contribution in [3.63, 3.8) is 0 Å². The molecule has 0 N–H and O–H groups in total. The largest absolute Gasteiger partial charge is 0.468 e. The first-order chi connectivity index (χ1) is 6.36. The maximum atomic E-state index is 5.39. The number of methoxy groups -OCH3 is 1. The topological polar surface area (TPSA) is 22.4 Å². The number of hydrogen-bond donors (Lipinski definition) is 0. The third-order valence-corrected chi connectivity index (χ3v) is 2.11. The van der Waals surface area contributed by atoms with E-state index in [0.717, 1.165) is 12.2 Å². The molecule has 1 heterocycles. The summed E-state index contributed by atoms with van der Waals surface area (Å²) in [6.07, 6.45) is 6.13. The molecule has 0 bridgehead atoms. The molecule has 74 valence electrons. The van der Waals surface area contributed by atoms with Gasteiger partial charge in [0.05, 0.1) is 7.11 Å². The third-order valence-electron chi connectivity index (χ3n) is 2.11. The number of aryl methyl sites for hydroxylation is 1. The third kappa shape index (κ3) is 3.53. The first-order valence-electron chi connectivity index (χ1n) is 4.99. The van der Waals surface area contributed by atoms with E-state index in [0.29, 0.717) is 5.95 Å². The molecule has 0 unspecified atom stereocenters. The zero-order valence-electron chi connectivity index (χ0n) is 8.51. The molecule has 2 heteroatoms. The Labute approximate surface area is 79.9 Å². The van der Waals surface area contributed by atoms with Gasteiger partial charge < -0.3 is 9.15 Å². The molecule has 1 aromatic rings. The van der Waals surface area contributed by atoms with Crippen LogP contribution < -0.4 is 4.74 Å². The van der Waals surface area contributed by atoms with Crippen molar-refractivity contribution < 1.29 is 9.15 Å². The summed E-state index contributed by atoms with van der Waals surface area (Å²) in [6.45, 7) is 2.22. The highest BCUT2D eigenvalue weighted by atomic mass is 16.6. The van der Waals surface area contributed by atoms with E-state index in [1.54, 1.807) is 7.11 Å². The van der Waals surface area contributed by atoms with Crippen LogP contribution in [-0.4, -0.2) is 7.11 Å². The number of unbranched alkanes of at least 4 members (excludes halogenated alkanes) is 3. The van der Waals surface area contributed by atoms with Crippen molar-refractivity contribution in [2.24, 2.45) is 0 Å². The van der Waals surface area contributed by atoms with Gasteiger partial charge in [-0.05, 0) is 12.5 Å². The van der Waals surface area contributed by atoms with Crippen molar-refractivity contribution in [3.8, 4) is 5.95 Å². The Kier molecular flexibility index (Phi) is 4.44. The maximum Gasteiger partial charge on any atom is 0.284 e. The standard InChI is InChI=1S/C11H18O2/c1-3-4-5-6-7-10-8-9-11(12-2)13-10/h8-9H,3-7H2,1-2H3. The average molecular weight is 182 g/mol. The SMILES string of the molecule is CCCCCCc1ccc(OC)o1. The van der Waals surface area contributed by atoms with E-state index < -0.39 is 0 Å². The van der Waals surface area contributed by atoms with E-state index >= 15 is 0 Å². The summed E-state index contributed by atoms with van der Waals surface area (Å²) in [4.78, 5) is 0. The van der Waals surface area contributed by atoms with Gasteiger partial charge in [0.25, 0.3) is 5.95 Å². The van der Waals surface area contributed by atoms with Gasteiger partial charge in [-0.25, -0.2) is 0 Å². The van der Waals surface area contributed by atoms with Crippen molar-refractivity contribution in [1.29, 1.82) is 0 Å². The number of ether oxygens (including phenoxy) is 1. The summed E-state index contributed by atoms with van der Waals surface area (Å²) in [5.41, 5.74) is 0. The Morgan fingerprint density at radius 1 is 1.23 bits per heavy atom. The minimum atomic E-state index is 0.616. The molecule has 0 amide bonds. The van der Waals surface area contributed by atoms with Crippen LogP contribution in [0.4, 0.5) is 0 Å². The van der Waals surface area contributed by atoms with E-state index in [9.17, 15) is 0 Å². The van der Waals surface area contributed by atoms with E-state index in [2.05, 4.69) is 6.92 Å². The van der Waals surface area contributed by atoms with Gasteiger partial charge >= 0.3 is 0 Å². The summed E-state index contributed by atoms with van der Waals surface area (Å²) in [6, 6.07) is 3.86. The monoisotopic (exact) mass is 182 g/mol. The second kappa shape index (κ2) is 5.68. The van der Waals surface area contributed by atoms with Crippen LogP contribution in [0.15, 0.2) is 16.5 Å². The van der Waals surface area contributed by atoms with Gasteiger partial charge in [-0.2, -0.15) is 0 Å². The van der Waals surface area contributed by atoms with Crippen LogP contribution in [0.5, 0.6) is 5.95 Å². The normalized spacial score (nSPS) is 10.3. The Morgan fingerprint density at radius 2 is 2.08 bits per heavy atom. The number of hydrogen-bond acceptors (Lipinski definition) is 2. The Hall–Kier alpha value is -0.920. The van der Waals surface area contributed by atoms with Gasteiger partial charge in [0.15, 0.2) is 0 Å². The van der Waals surface area contributed by atoms with E-state index in [4.69, 9.17) is 9.15 Å². The second-order valence-corrected chi connectivity index (χ2v) is 3.24. The molecule has 1 aromatic heterocycles. The average Bonchev–Trinajstić information content (AvgIpc) is 2.60. The minimum absolute atomic E-state index is 0.616. The lowest BCUT2D eigenvalue weighted by Gasteiger charge is -1.96. The molecule has 0 fully saturated rings. The van der Waals surface area contributed by atoms with Crippen LogP contribution in [-0.2, 0) is 6.42 Å². The van der Waals surface area contributed by atoms with Crippen LogP contribution in [0.25, 0.3) is 0 Å². The molecular formula is C11H18O2. The molecule has 0 saturated carbocycles. The highest BCUT2D eigenvalue weighted by Crippen LogP contribution is 2.17. The van der Waals surface area contributed by atoms with Crippen molar-refractivity contribution in [2.75, 3.05) is 7.11 Å². The summed E-state index contributed by atoms with van der Waals surface area (Å²) in [7, 11) is 1.62. The molecule has 0 spiro atoms. The van der Waals surface area contributed by atoms with Crippen LogP contribution in [0.1, 0.15) is 38.4 Å². The zero-order chi connectivity index (χ0) is 9.52. The predicted molar refractivity (Wildman–Crippen MR) is 53.1 cm³/mol. The van der Waals surface area contributed by atoms with Crippen LogP contribution >= 0.6 is 0 Å². The highest BCUT2D eigenvalue weighted by molar-refractivity contribution is 5.11. The summed E-state index contributed by atoms with van der Waals surface area (Å²) >= 11 is 0. The minimum Gasteiger partial charge on any atom is -0.468 e. The molecule has 0 aromatic carbocycles. The molecule has 0 aliphatic heterocycles. The predicted octanol–water partition coefficient (Wildman–Crippen LogP) is 3.41. The van der Waals surface area contributed by atoms with E-state index in [1.165, 1.54) is 25.7 Å². The summed E-state index contributed by atoms with van der Waals surface area (Å²) < 4.78 is 10.3. The molecule has 0 atom stereocenters. The van der Waals surface area contributed by atoms with Crippen LogP contribution in [0.3, 0.4) is 0 Å². The Balaban J connectivity index is 2.20. The summed E-state index contributed by atoms with van der Waals surface area (Å²) in [5, 5.41) is 0. The van der Waals surface area contributed by atoms with Crippen LogP contribution in [0.2, 0.25) is 0 Å². The van der Waals surface area contributed by atoms with E-state index in [-0.39, 0.29) is 0 Å². The van der Waals surface area contributed by atoms with Gasteiger partial charge in [0.1, 0.15) is 5.76 Å². The smallest absolute Gasteiger partial charge is 0.284 e. The zero-order valence-corrected chi connectivity index (χ0v) is 8.51. The summed E-state index contributed by atoms with van der Waals surface area (Å²) in [5.74, 6) is 1.65. The molecule has 0 saturated heterocycles. The molecule has 13 heavy (non-hydrogen) atoms. The van der Waals surface area contributed by atoms with Gasteiger partial charge in [0, 0.05) is 12.5 Å². The van der Waals surface area contributed by atoms with Gasteiger partial charge in [0.2, 0.25) is 0 Å². The lowest BCUT2D eigenvalue weighted by atomic mass is 10.1. The van der Waals surface area contributed by atoms with Crippen molar-refractivity contribution in [1.82, 2.24) is 0 Å². The fourth-order valence-corrected chi connectivity index (χ4v) is 1.33. The van der Waals surface area contributed by atoms with Crippen molar-refractivity contribution in [2.45, 2.75) is 39.0 Å². The fourth-order valence-electron chi connectivity index (χ4n) is 1.33. The quantitative estimate of drug-likeness (QED) is 0.629. The Bertz CT molecular complexity index is 228. The first kappa shape index (κ1) is 10.2. The van der Waals surface area contributed by atoms with Crippen LogP contribution in [0, 0.1) is 0 Å². The molecular weight excluding hydrogens is 164 g/mol. The second-order valence-electron chi connectivity index (χ2n) is 3.24. The molecule has 0 aliphatic rings. The molecule has 0 radical (unpaired) electrons.